The quantitative estimate of drug-likeness (QED) is 0.221. The van der Waals surface area contributed by atoms with Crippen molar-refractivity contribution in [1.82, 2.24) is 25.3 Å². The third-order valence-electron chi connectivity index (χ3n) is 7.62. The molecule has 0 bridgehead atoms. The summed E-state index contributed by atoms with van der Waals surface area (Å²) in [6, 6.07) is 11.1. The molecule has 4 heterocycles. The second kappa shape index (κ2) is 13.9. The molecule has 0 amide bonds. The van der Waals surface area contributed by atoms with Crippen LogP contribution in [0.1, 0.15) is 37.4 Å². The summed E-state index contributed by atoms with van der Waals surface area (Å²) in [6.45, 7) is 6.65. The number of anilines is 1. The topological polar surface area (TPSA) is 123 Å². The summed E-state index contributed by atoms with van der Waals surface area (Å²) in [5.74, 6) is -1.68. The first-order chi connectivity index (χ1) is 22.3. The van der Waals surface area contributed by atoms with Crippen LogP contribution < -0.4 is 15.0 Å². The molecule has 248 valence electrons. The maximum atomic E-state index is 14.4. The first-order valence-electron chi connectivity index (χ1n) is 14.6. The van der Waals surface area contributed by atoms with Gasteiger partial charge in [0.15, 0.2) is 11.6 Å². The first-order valence-corrected chi connectivity index (χ1v) is 14.6. The Morgan fingerprint density at radius 2 is 1.68 bits per heavy atom. The Morgan fingerprint density at radius 3 is 2.36 bits per heavy atom. The highest BCUT2D eigenvalue weighted by atomic mass is 19.4. The Kier molecular flexibility index (Phi) is 9.96. The van der Waals surface area contributed by atoms with Gasteiger partial charge in [0, 0.05) is 29.9 Å². The monoisotopic (exact) mass is 658 g/mol. The number of hydrogen-bond donors (Lipinski definition) is 2. The largest absolute Gasteiger partial charge is 0.490 e. The number of rotatable bonds is 8. The van der Waals surface area contributed by atoms with Gasteiger partial charge in [0.05, 0.1) is 31.6 Å². The van der Waals surface area contributed by atoms with Gasteiger partial charge in [-0.05, 0) is 48.2 Å². The number of aliphatic carboxylic acids is 1. The van der Waals surface area contributed by atoms with Crippen molar-refractivity contribution in [2.24, 2.45) is 0 Å². The van der Waals surface area contributed by atoms with Crippen molar-refractivity contribution < 1.29 is 41.3 Å². The molecule has 2 aliphatic heterocycles. The van der Waals surface area contributed by atoms with E-state index in [4.69, 9.17) is 19.4 Å². The van der Waals surface area contributed by atoms with E-state index in [0.717, 1.165) is 17.7 Å². The van der Waals surface area contributed by atoms with Gasteiger partial charge in [-0.1, -0.05) is 26.0 Å². The predicted molar refractivity (Wildman–Crippen MR) is 160 cm³/mol. The highest BCUT2D eigenvalue weighted by Gasteiger charge is 2.50. The number of halogens is 5. The molecule has 0 saturated carbocycles. The number of aromatic nitrogens is 4. The van der Waals surface area contributed by atoms with E-state index >= 15 is 0 Å². The minimum absolute atomic E-state index is 0.113. The van der Waals surface area contributed by atoms with Gasteiger partial charge < -0.3 is 24.8 Å². The van der Waals surface area contributed by atoms with E-state index in [1.807, 2.05) is 13.8 Å². The zero-order valence-corrected chi connectivity index (χ0v) is 25.3. The second-order valence-corrected chi connectivity index (χ2v) is 11.5. The number of carboxylic acid groups (broad SMARTS) is 1. The van der Waals surface area contributed by atoms with Gasteiger partial charge in [-0.15, -0.1) is 0 Å². The van der Waals surface area contributed by atoms with E-state index < -0.39 is 12.1 Å². The number of carbonyl (C=O) groups is 1. The van der Waals surface area contributed by atoms with Crippen molar-refractivity contribution in [1.29, 1.82) is 0 Å². The molecule has 2 saturated heterocycles. The average molecular weight is 659 g/mol. The molecule has 6 rings (SSSR count). The molecular formula is C32H31F5N6O4. The summed E-state index contributed by atoms with van der Waals surface area (Å²) >= 11 is 0. The molecule has 0 radical (unpaired) electrons. The molecule has 4 aromatic rings. The first kappa shape index (κ1) is 33.6. The number of nitrogens with one attached hydrogen (secondary N) is 1. The van der Waals surface area contributed by atoms with Crippen LogP contribution in [0.3, 0.4) is 0 Å². The number of nitrogens with zero attached hydrogens (tertiary/aromatic N) is 5. The van der Waals surface area contributed by atoms with Crippen molar-refractivity contribution in [3.63, 3.8) is 0 Å². The maximum absolute atomic E-state index is 14.4. The number of hydrogen-bond acceptors (Lipinski definition) is 9. The lowest BCUT2D eigenvalue weighted by Gasteiger charge is -2.47. The molecule has 1 spiro atoms. The fourth-order valence-corrected chi connectivity index (χ4v) is 5.41. The normalized spacial score (nSPS) is 16.9. The molecule has 2 aliphatic rings. The molecule has 0 aliphatic carbocycles. The van der Waals surface area contributed by atoms with Crippen LogP contribution in [-0.4, -0.2) is 68.5 Å². The average Bonchev–Trinajstić information content (AvgIpc) is 3.46. The Hall–Kier alpha value is -4.76. The van der Waals surface area contributed by atoms with Crippen molar-refractivity contribution in [2.45, 2.75) is 50.6 Å². The Balaban J connectivity index is 0.000000559. The summed E-state index contributed by atoms with van der Waals surface area (Å²) in [5.41, 5.74) is 2.85. The molecule has 10 nitrogen and oxygen atoms in total. The molecule has 1 atom stereocenters. The van der Waals surface area contributed by atoms with Crippen LogP contribution in [0.2, 0.25) is 0 Å². The number of ether oxygens (including phenoxy) is 2. The van der Waals surface area contributed by atoms with Gasteiger partial charge in [0.2, 0.25) is 0 Å². The molecule has 15 heteroatoms. The second-order valence-electron chi connectivity index (χ2n) is 11.5. The molecule has 2 fully saturated rings. The van der Waals surface area contributed by atoms with Crippen LogP contribution in [0, 0.1) is 11.6 Å². The lowest BCUT2D eigenvalue weighted by molar-refractivity contribution is -0.192. The summed E-state index contributed by atoms with van der Waals surface area (Å²) in [5, 5.41) is 10.6. The van der Waals surface area contributed by atoms with Crippen LogP contribution in [0.5, 0.6) is 11.5 Å². The smallest absolute Gasteiger partial charge is 0.475 e. The predicted octanol–water partition coefficient (Wildman–Crippen LogP) is 5.90. The van der Waals surface area contributed by atoms with Crippen LogP contribution in [0.25, 0.3) is 11.1 Å². The Morgan fingerprint density at radius 1 is 1.02 bits per heavy atom. The highest BCUT2D eigenvalue weighted by molar-refractivity contribution is 5.73. The van der Waals surface area contributed by atoms with Crippen molar-refractivity contribution >= 4 is 11.8 Å². The van der Waals surface area contributed by atoms with Gasteiger partial charge in [-0.25, -0.2) is 33.5 Å². The van der Waals surface area contributed by atoms with E-state index in [1.165, 1.54) is 36.9 Å². The zero-order chi connectivity index (χ0) is 33.8. The molecular weight excluding hydrogens is 627 g/mol. The van der Waals surface area contributed by atoms with E-state index in [2.05, 4.69) is 30.2 Å². The summed E-state index contributed by atoms with van der Waals surface area (Å²) in [6.07, 6.45) is 2.07. The Bertz CT molecular complexity index is 1700. The third kappa shape index (κ3) is 8.16. The number of carboxylic acids is 1. The van der Waals surface area contributed by atoms with Gasteiger partial charge in [0.1, 0.15) is 35.6 Å². The van der Waals surface area contributed by atoms with E-state index in [-0.39, 0.29) is 29.2 Å². The molecule has 2 aromatic carbocycles. The maximum Gasteiger partial charge on any atom is 0.490 e. The highest BCUT2D eigenvalue weighted by Crippen LogP contribution is 2.43. The third-order valence-corrected chi connectivity index (χ3v) is 7.62. The SMILES string of the molecule is CC(C)c1ncncc1-c1cc(F)ccc1Oc1cncnc1N1CC2(CC(NCc3ccc(F)cc3)CO2)C1.O=C(O)C(F)(F)F. The number of benzene rings is 2. The fourth-order valence-electron chi connectivity index (χ4n) is 5.41. The fraction of sp³-hybridized carbons (Fsp3) is 0.344. The lowest BCUT2D eigenvalue weighted by atomic mass is 9.89. The van der Waals surface area contributed by atoms with Crippen molar-refractivity contribution in [3.8, 4) is 22.6 Å². The van der Waals surface area contributed by atoms with Crippen molar-refractivity contribution in [2.75, 3.05) is 24.6 Å². The van der Waals surface area contributed by atoms with Crippen LogP contribution >= 0.6 is 0 Å². The van der Waals surface area contributed by atoms with Crippen LogP contribution in [0.15, 0.2) is 67.5 Å². The van der Waals surface area contributed by atoms with E-state index in [0.29, 0.717) is 54.7 Å². The van der Waals surface area contributed by atoms with Gasteiger partial charge in [-0.2, -0.15) is 13.2 Å². The van der Waals surface area contributed by atoms with Gasteiger partial charge in [0.25, 0.3) is 0 Å². The van der Waals surface area contributed by atoms with Crippen LogP contribution in [-0.2, 0) is 16.1 Å². The van der Waals surface area contributed by atoms with Gasteiger partial charge >= 0.3 is 12.1 Å². The Labute approximate surface area is 266 Å². The lowest BCUT2D eigenvalue weighted by Crippen LogP contribution is -2.62. The summed E-state index contributed by atoms with van der Waals surface area (Å²) in [7, 11) is 0. The minimum atomic E-state index is -5.08. The van der Waals surface area contributed by atoms with E-state index in [9.17, 15) is 22.0 Å². The van der Waals surface area contributed by atoms with Gasteiger partial charge in [-0.3, -0.25) is 0 Å². The zero-order valence-electron chi connectivity index (χ0n) is 25.3. The summed E-state index contributed by atoms with van der Waals surface area (Å²) in [4.78, 5) is 28.3. The molecule has 2 N–H and O–H groups in total. The number of alkyl halides is 3. The summed E-state index contributed by atoms with van der Waals surface area (Å²) < 4.78 is 71.9. The minimum Gasteiger partial charge on any atom is -0.475 e. The molecule has 1 unspecified atom stereocenters. The van der Waals surface area contributed by atoms with Crippen molar-refractivity contribution in [3.05, 3.63) is 90.4 Å². The molecule has 2 aromatic heterocycles. The van der Waals surface area contributed by atoms with E-state index in [1.54, 1.807) is 30.6 Å². The van der Waals surface area contributed by atoms with Crippen LogP contribution in [0.4, 0.5) is 27.8 Å². The standard InChI is InChI=1S/C30H30F2N6O2.C2HF3O2/c1-19(2)28-25(12-33-17-36-28)24-9-22(32)7-8-26(24)40-27-13-34-18-37-29(27)38-15-30(16-38)10-23(14-39-30)35-11-20-3-5-21(31)6-4-20;3-2(4,5)1(6)7/h3-9,12-13,17-19,23,35H,10-11,14-16H2,1-2H3;(H,6,7). The molecule has 47 heavy (non-hydrogen) atoms.